The van der Waals surface area contributed by atoms with Gasteiger partial charge in [0.1, 0.15) is 5.82 Å². The van der Waals surface area contributed by atoms with Crippen molar-refractivity contribution in [3.63, 3.8) is 0 Å². The Morgan fingerprint density at radius 1 is 1.06 bits per heavy atom. The predicted molar refractivity (Wildman–Crippen MR) is 150 cm³/mol. The van der Waals surface area contributed by atoms with Gasteiger partial charge in [-0.3, -0.25) is 4.79 Å². The molecule has 35 heavy (non-hydrogen) atoms. The topological polar surface area (TPSA) is 52.2 Å². The van der Waals surface area contributed by atoms with E-state index in [1.165, 1.54) is 11.1 Å². The number of benzene rings is 2. The molecule has 0 radical (unpaired) electrons. The highest BCUT2D eigenvalue weighted by molar-refractivity contribution is 9.10. The minimum absolute atomic E-state index is 0.137. The molecule has 0 aliphatic heterocycles. The molecule has 5 nitrogen and oxygen atoms in total. The zero-order valence-electron chi connectivity index (χ0n) is 19.6. The van der Waals surface area contributed by atoms with Crippen LogP contribution in [0.5, 0.6) is 0 Å². The second-order valence-corrected chi connectivity index (χ2v) is 11.3. The van der Waals surface area contributed by atoms with E-state index in [-0.39, 0.29) is 11.5 Å². The summed E-state index contributed by atoms with van der Waals surface area (Å²) >= 11 is 13.3. The molecular formula is C27H25Br2ClN4O. The van der Waals surface area contributed by atoms with Gasteiger partial charge in [-0.05, 0) is 85.1 Å². The van der Waals surface area contributed by atoms with Crippen LogP contribution in [0, 0.1) is 13.8 Å². The molecule has 1 saturated carbocycles. The molecular weight excluding hydrogens is 592 g/mol. The smallest absolute Gasteiger partial charge is 0.282 e. The van der Waals surface area contributed by atoms with Gasteiger partial charge in [0.15, 0.2) is 0 Å². The SMILES string of the molecule is Cc1cc(C=Nn2c(C3CCCCC3)nc3ccc(Br)cc3c2=O)c(C)n1-c1ccc(Br)c(Cl)c1. The van der Waals surface area contributed by atoms with Crippen molar-refractivity contribution < 1.29 is 0 Å². The van der Waals surface area contributed by atoms with E-state index < -0.39 is 0 Å². The Bertz CT molecular complexity index is 1520. The van der Waals surface area contributed by atoms with Crippen LogP contribution in [-0.4, -0.2) is 20.4 Å². The highest BCUT2D eigenvalue weighted by Crippen LogP contribution is 2.32. The van der Waals surface area contributed by atoms with Gasteiger partial charge in [-0.15, -0.1) is 0 Å². The number of nitrogens with zero attached hydrogens (tertiary/aromatic N) is 4. The molecule has 0 spiro atoms. The zero-order chi connectivity index (χ0) is 24.7. The molecule has 0 saturated heterocycles. The van der Waals surface area contributed by atoms with Crippen LogP contribution in [-0.2, 0) is 0 Å². The molecule has 1 aliphatic carbocycles. The van der Waals surface area contributed by atoms with Crippen LogP contribution in [0.25, 0.3) is 16.6 Å². The third-order valence-corrected chi connectivity index (χ3v) is 8.47. The fourth-order valence-electron chi connectivity index (χ4n) is 4.96. The second kappa shape index (κ2) is 10.0. The first-order valence-electron chi connectivity index (χ1n) is 11.7. The molecule has 2 aromatic heterocycles. The van der Waals surface area contributed by atoms with Crippen molar-refractivity contribution >= 4 is 60.6 Å². The maximum atomic E-state index is 13.6. The van der Waals surface area contributed by atoms with Crippen LogP contribution in [0.4, 0.5) is 0 Å². The monoisotopic (exact) mass is 614 g/mol. The van der Waals surface area contributed by atoms with E-state index in [2.05, 4.69) is 49.4 Å². The first-order valence-corrected chi connectivity index (χ1v) is 13.7. The fraction of sp³-hybridized carbons (Fsp3) is 0.296. The van der Waals surface area contributed by atoms with Crippen molar-refractivity contribution in [1.29, 1.82) is 0 Å². The van der Waals surface area contributed by atoms with Gasteiger partial charge in [0.25, 0.3) is 5.56 Å². The minimum Gasteiger partial charge on any atom is -0.318 e. The molecule has 2 heterocycles. The third kappa shape index (κ3) is 4.78. The summed E-state index contributed by atoms with van der Waals surface area (Å²) < 4.78 is 5.37. The fourth-order valence-corrected chi connectivity index (χ4v) is 5.74. The molecule has 0 atom stereocenters. The maximum absolute atomic E-state index is 13.6. The lowest BCUT2D eigenvalue weighted by Gasteiger charge is -2.22. The van der Waals surface area contributed by atoms with Gasteiger partial charge >= 0.3 is 0 Å². The van der Waals surface area contributed by atoms with E-state index in [1.807, 2.05) is 43.3 Å². The van der Waals surface area contributed by atoms with Gasteiger partial charge in [0.05, 0.1) is 22.1 Å². The molecule has 1 aliphatic rings. The lowest BCUT2D eigenvalue weighted by atomic mass is 9.88. The van der Waals surface area contributed by atoms with Crippen LogP contribution < -0.4 is 5.56 Å². The molecule has 4 aromatic rings. The number of halogens is 3. The average molecular weight is 617 g/mol. The summed E-state index contributed by atoms with van der Waals surface area (Å²) in [4.78, 5) is 18.5. The summed E-state index contributed by atoms with van der Waals surface area (Å²) in [7, 11) is 0. The Kier molecular flexibility index (Phi) is 7.02. The first-order chi connectivity index (χ1) is 16.8. The Labute approximate surface area is 226 Å². The van der Waals surface area contributed by atoms with Crippen molar-refractivity contribution in [2.75, 3.05) is 0 Å². The molecule has 0 amide bonds. The highest BCUT2D eigenvalue weighted by atomic mass is 79.9. The average Bonchev–Trinajstić information content (AvgIpc) is 3.14. The first kappa shape index (κ1) is 24.5. The summed E-state index contributed by atoms with van der Waals surface area (Å²) in [5.74, 6) is 0.994. The van der Waals surface area contributed by atoms with Crippen molar-refractivity contribution in [3.8, 4) is 5.69 Å². The van der Waals surface area contributed by atoms with Crippen LogP contribution in [0.2, 0.25) is 5.02 Å². The number of rotatable bonds is 4. The van der Waals surface area contributed by atoms with Crippen LogP contribution >= 0.6 is 43.5 Å². The number of aryl methyl sites for hydroxylation is 1. The third-order valence-electron chi connectivity index (χ3n) is 6.75. The molecule has 0 unspecified atom stereocenters. The summed E-state index contributed by atoms with van der Waals surface area (Å²) in [5.41, 5.74) is 4.58. The Balaban J connectivity index is 1.61. The Morgan fingerprint density at radius 3 is 2.57 bits per heavy atom. The number of aromatic nitrogens is 3. The van der Waals surface area contributed by atoms with E-state index in [9.17, 15) is 4.79 Å². The van der Waals surface area contributed by atoms with Gasteiger partial charge in [-0.25, -0.2) is 4.98 Å². The summed E-state index contributed by atoms with van der Waals surface area (Å²) in [6, 6.07) is 13.6. The Morgan fingerprint density at radius 2 is 1.83 bits per heavy atom. The zero-order valence-corrected chi connectivity index (χ0v) is 23.5. The minimum atomic E-state index is -0.137. The lowest BCUT2D eigenvalue weighted by molar-refractivity contribution is 0.416. The summed E-state index contributed by atoms with van der Waals surface area (Å²) in [5, 5.41) is 5.94. The van der Waals surface area contributed by atoms with Gasteiger partial charge in [0.2, 0.25) is 0 Å². The number of hydrogen-bond acceptors (Lipinski definition) is 3. The Hall–Kier alpha value is -2.22. The molecule has 5 rings (SSSR count). The molecule has 8 heteroatoms. The predicted octanol–water partition coefficient (Wildman–Crippen LogP) is 7.91. The maximum Gasteiger partial charge on any atom is 0.282 e. The molecule has 0 bridgehead atoms. The molecule has 180 valence electrons. The van der Waals surface area contributed by atoms with Crippen molar-refractivity contribution in [3.05, 3.63) is 89.6 Å². The van der Waals surface area contributed by atoms with E-state index >= 15 is 0 Å². The standard InChI is InChI=1S/C27H25Br2ClN4O/c1-16-12-19(17(2)33(16)21-9-10-23(29)24(30)14-21)15-31-34-26(18-6-4-3-5-7-18)32-25-11-8-20(28)13-22(25)27(34)35/h8-15,18H,3-7H2,1-2H3. The van der Waals surface area contributed by atoms with Crippen LogP contribution in [0.15, 0.2) is 61.3 Å². The van der Waals surface area contributed by atoms with E-state index in [1.54, 1.807) is 6.21 Å². The van der Waals surface area contributed by atoms with Crippen molar-refractivity contribution in [2.45, 2.75) is 51.9 Å². The van der Waals surface area contributed by atoms with Crippen LogP contribution in [0.3, 0.4) is 0 Å². The van der Waals surface area contributed by atoms with Gasteiger partial charge in [0, 0.05) is 37.5 Å². The molecule has 2 aromatic carbocycles. The van der Waals surface area contributed by atoms with Crippen molar-refractivity contribution in [2.24, 2.45) is 5.10 Å². The molecule has 1 fully saturated rings. The largest absolute Gasteiger partial charge is 0.318 e. The number of hydrogen-bond donors (Lipinski definition) is 0. The normalized spacial score (nSPS) is 14.9. The summed E-state index contributed by atoms with van der Waals surface area (Å²) in [6.45, 7) is 4.10. The van der Waals surface area contributed by atoms with Gasteiger partial charge < -0.3 is 4.57 Å². The molecule has 0 N–H and O–H groups in total. The van der Waals surface area contributed by atoms with Gasteiger partial charge in [-0.2, -0.15) is 9.78 Å². The van der Waals surface area contributed by atoms with Crippen LogP contribution in [0.1, 0.15) is 60.8 Å². The van der Waals surface area contributed by atoms with E-state index in [0.29, 0.717) is 10.4 Å². The van der Waals surface area contributed by atoms with E-state index in [4.69, 9.17) is 21.7 Å². The van der Waals surface area contributed by atoms with E-state index in [0.717, 1.165) is 68.6 Å². The van der Waals surface area contributed by atoms with Gasteiger partial charge in [-0.1, -0.05) is 46.8 Å². The summed E-state index contributed by atoms with van der Waals surface area (Å²) in [6.07, 6.45) is 7.37. The quantitative estimate of drug-likeness (QED) is 0.219. The lowest BCUT2D eigenvalue weighted by Crippen LogP contribution is -2.25. The second-order valence-electron chi connectivity index (χ2n) is 9.09. The highest BCUT2D eigenvalue weighted by Gasteiger charge is 2.22. The number of fused-ring (bicyclic) bond motifs is 1. The van der Waals surface area contributed by atoms with Crippen molar-refractivity contribution in [1.82, 2.24) is 14.2 Å².